The molecule has 0 atom stereocenters. The first-order valence-electron chi connectivity index (χ1n) is 11.3. The summed E-state index contributed by atoms with van der Waals surface area (Å²) in [5.74, 6) is 0.602. The maximum atomic E-state index is 11.5. The SMILES string of the molecule is CCC=O.CCOC=O.CN1C(=O)CN=C1Nc1ccc(CCNc2nc3ccccc3s2)cc1. The van der Waals surface area contributed by atoms with E-state index in [4.69, 9.17) is 0 Å². The van der Waals surface area contributed by atoms with Gasteiger partial charge >= 0.3 is 0 Å². The van der Waals surface area contributed by atoms with Gasteiger partial charge in [-0.15, -0.1) is 0 Å². The summed E-state index contributed by atoms with van der Waals surface area (Å²) in [7, 11) is 1.73. The number of hydrogen-bond acceptors (Lipinski definition) is 9. The van der Waals surface area contributed by atoms with Gasteiger partial charge in [-0.3, -0.25) is 14.5 Å². The molecule has 0 unspecified atom stereocenters. The third-order valence-corrected chi connectivity index (χ3v) is 5.65. The molecule has 186 valence electrons. The summed E-state index contributed by atoms with van der Waals surface area (Å²) in [4.78, 5) is 40.1. The molecule has 10 heteroatoms. The van der Waals surface area contributed by atoms with Crippen molar-refractivity contribution in [2.45, 2.75) is 26.7 Å². The van der Waals surface area contributed by atoms with Crippen molar-refractivity contribution < 1.29 is 19.1 Å². The largest absolute Gasteiger partial charge is 0.468 e. The second-order valence-corrected chi connectivity index (χ2v) is 8.24. The molecule has 0 fully saturated rings. The number of nitrogens with zero attached hydrogens (tertiary/aromatic N) is 3. The van der Waals surface area contributed by atoms with Crippen molar-refractivity contribution in [3.05, 3.63) is 54.1 Å². The second kappa shape index (κ2) is 15.2. The molecule has 0 bridgehead atoms. The lowest BCUT2D eigenvalue weighted by Gasteiger charge is -2.14. The van der Waals surface area contributed by atoms with E-state index in [9.17, 15) is 14.4 Å². The maximum absolute atomic E-state index is 11.5. The van der Waals surface area contributed by atoms with Gasteiger partial charge in [0.1, 0.15) is 12.8 Å². The molecule has 0 aliphatic carbocycles. The number of anilines is 2. The van der Waals surface area contributed by atoms with Crippen molar-refractivity contribution in [1.82, 2.24) is 9.88 Å². The van der Waals surface area contributed by atoms with Crippen LogP contribution >= 0.6 is 11.3 Å². The predicted octanol–water partition coefficient (Wildman–Crippen LogP) is 3.97. The van der Waals surface area contributed by atoms with Gasteiger partial charge in [-0.2, -0.15) is 0 Å². The third-order valence-electron chi connectivity index (χ3n) is 4.65. The van der Waals surface area contributed by atoms with E-state index in [0.29, 0.717) is 25.5 Å². The Labute approximate surface area is 209 Å². The molecule has 2 heterocycles. The first-order chi connectivity index (χ1) is 17.0. The summed E-state index contributed by atoms with van der Waals surface area (Å²) in [5.41, 5.74) is 3.20. The molecule has 35 heavy (non-hydrogen) atoms. The van der Waals surface area contributed by atoms with Gasteiger partial charge in [-0.25, -0.2) is 9.98 Å². The van der Waals surface area contributed by atoms with Crippen molar-refractivity contribution in [3.63, 3.8) is 0 Å². The zero-order valence-corrected chi connectivity index (χ0v) is 21.0. The Morgan fingerprint density at radius 1 is 1.11 bits per heavy atom. The minimum atomic E-state index is 0.00467. The minimum Gasteiger partial charge on any atom is -0.468 e. The number of aldehydes is 1. The quantitative estimate of drug-likeness (QED) is 0.453. The van der Waals surface area contributed by atoms with Crippen LogP contribution in [0, 0.1) is 0 Å². The molecule has 2 N–H and O–H groups in total. The number of carbonyl (C=O) groups excluding carboxylic acids is 3. The number of thiazole rings is 1. The molecule has 0 saturated heterocycles. The molecule has 1 aromatic heterocycles. The van der Waals surface area contributed by atoms with Crippen LogP contribution in [0.15, 0.2) is 53.5 Å². The van der Waals surface area contributed by atoms with Crippen molar-refractivity contribution in [2.24, 2.45) is 4.99 Å². The molecule has 0 spiro atoms. The van der Waals surface area contributed by atoms with Gasteiger partial charge in [-0.05, 0) is 43.2 Å². The van der Waals surface area contributed by atoms with E-state index in [1.54, 1.807) is 25.3 Å². The van der Waals surface area contributed by atoms with E-state index in [0.717, 1.165) is 35.6 Å². The highest BCUT2D eigenvalue weighted by atomic mass is 32.1. The number of aliphatic imine (C=N–C) groups is 1. The van der Waals surface area contributed by atoms with Gasteiger partial charge in [0, 0.05) is 25.7 Å². The normalized spacial score (nSPS) is 12.0. The lowest BCUT2D eigenvalue weighted by molar-refractivity contribution is -0.128. The number of ether oxygens (including phenoxy) is 1. The summed E-state index contributed by atoms with van der Waals surface area (Å²) in [5, 5.41) is 7.53. The zero-order chi connectivity index (χ0) is 25.5. The number of carbonyl (C=O) groups is 3. The molecule has 1 aliphatic heterocycles. The van der Waals surface area contributed by atoms with Crippen LogP contribution in [0.5, 0.6) is 0 Å². The first kappa shape index (κ1) is 27.5. The van der Waals surface area contributed by atoms with Crippen molar-refractivity contribution in [1.29, 1.82) is 0 Å². The average molecular weight is 498 g/mol. The van der Waals surface area contributed by atoms with Crippen LogP contribution in [0.3, 0.4) is 0 Å². The molecule has 1 amide bonds. The van der Waals surface area contributed by atoms with Gasteiger partial charge in [-0.1, -0.05) is 42.5 Å². The van der Waals surface area contributed by atoms with E-state index in [1.807, 2.05) is 37.3 Å². The lowest BCUT2D eigenvalue weighted by Crippen LogP contribution is -2.32. The van der Waals surface area contributed by atoms with Crippen molar-refractivity contribution in [2.75, 3.05) is 37.4 Å². The first-order valence-corrected chi connectivity index (χ1v) is 12.1. The highest BCUT2D eigenvalue weighted by Gasteiger charge is 2.20. The standard InChI is InChI=1S/C19H19N5OS.C3H6O2.C3H6O/c1-24-17(25)12-21-18(24)22-14-8-6-13(7-9-14)10-11-20-19-23-15-4-2-3-5-16(15)26-19;1-2-5-3-4;1-2-3-4/h2-9H,10-12H2,1H3,(H,20,23)(H,21,22);3H,2H2,1H3;3H,2H2,1H3. The molecule has 9 nitrogen and oxygen atoms in total. The van der Waals surface area contributed by atoms with Gasteiger partial charge < -0.3 is 20.2 Å². The molecule has 1 aliphatic rings. The van der Waals surface area contributed by atoms with Crippen LogP contribution in [-0.2, 0) is 25.5 Å². The fraction of sp³-hybridized carbons (Fsp3) is 0.320. The highest BCUT2D eigenvalue weighted by Crippen LogP contribution is 2.25. The fourth-order valence-corrected chi connectivity index (χ4v) is 3.70. The second-order valence-electron chi connectivity index (χ2n) is 7.20. The van der Waals surface area contributed by atoms with Crippen LogP contribution in [0.25, 0.3) is 10.2 Å². The Hall–Kier alpha value is -3.79. The van der Waals surface area contributed by atoms with Crippen molar-refractivity contribution >= 4 is 57.0 Å². The number of para-hydroxylation sites is 1. The van der Waals surface area contributed by atoms with Crippen LogP contribution in [-0.4, -0.2) is 61.3 Å². The van der Waals surface area contributed by atoms with Gasteiger partial charge in [0.2, 0.25) is 5.96 Å². The van der Waals surface area contributed by atoms with Gasteiger partial charge in [0.25, 0.3) is 12.4 Å². The molecule has 4 rings (SSSR count). The Morgan fingerprint density at radius 2 is 1.83 bits per heavy atom. The number of fused-ring (bicyclic) bond motifs is 1. The van der Waals surface area contributed by atoms with Gasteiger partial charge in [0.15, 0.2) is 5.13 Å². The predicted molar refractivity (Wildman–Crippen MR) is 141 cm³/mol. The number of amides is 1. The smallest absolute Gasteiger partial charge is 0.293 e. The summed E-state index contributed by atoms with van der Waals surface area (Å²) in [6, 6.07) is 16.3. The zero-order valence-electron chi connectivity index (χ0n) is 20.2. The molecular formula is C25H31N5O4S. The van der Waals surface area contributed by atoms with E-state index in [-0.39, 0.29) is 12.5 Å². The summed E-state index contributed by atoms with van der Waals surface area (Å²) >= 11 is 1.68. The van der Waals surface area contributed by atoms with Gasteiger partial charge in [0.05, 0.1) is 16.8 Å². The molecule has 3 aromatic rings. The van der Waals surface area contributed by atoms with E-state index in [2.05, 4.69) is 43.5 Å². The molecular weight excluding hydrogens is 466 g/mol. The summed E-state index contributed by atoms with van der Waals surface area (Å²) < 4.78 is 5.35. The minimum absolute atomic E-state index is 0.00467. The maximum Gasteiger partial charge on any atom is 0.293 e. The van der Waals surface area contributed by atoms with Crippen LogP contribution < -0.4 is 10.6 Å². The molecule has 2 aromatic carbocycles. The van der Waals surface area contributed by atoms with E-state index < -0.39 is 0 Å². The fourth-order valence-electron chi connectivity index (χ4n) is 2.81. The number of nitrogens with one attached hydrogen (secondary N) is 2. The average Bonchev–Trinajstić information content (AvgIpc) is 3.44. The number of guanidine groups is 1. The number of benzene rings is 2. The molecule has 0 radical (unpaired) electrons. The van der Waals surface area contributed by atoms with Crippen LogP contribution in [0.1, 0.15) is 25.8 Å². The van der Waals surface area contributed by atoms with Crippen molar-refractivity contribution in [3.8, 4) is 0 Å². The Bertz CT molecular complexity index is 1080. The van der Waals surface area contributed by atoms with Crippen LogP contribution in [0.2, 0.25) is 0 Å². The molecule has 0 saturated carbocycles. The number of likely N-dealkylation sites (N-methyl/N-ethyl adjacent to an activating group) is 1. The third kappa shape index (κ3) is 9.17. The topological polar surface area (TPSA) is 113 Å². The number of aromatic nitrogens is 1. The number of hydrogen-bond donors (Lipinski definition) is 2. The Morgan fingerprint density at radius 3 is 2.37 bits per heavy atom. The van der Waals surface area contributed by atoms with E-state index in [1.165, 1.54) is 15.2 Å². The monoisotopic (exact) mass is 497 g/mol. The Kier molecular flexibility index (Phi) is 11.9. The summed E-state index contributed by atoms with van der Waals surface area (Å²) in [6.07, 6.45) is 2.43. The van der Waals surface area contributed by atoms with E-state index >= 15 is 0 Å². The Balaban J connectivity index is 0.000000414. The lowest BCUT2D eigenvalue weighted by atomic mass is 10.1. The summed E-state index contributed by atoms with van der Waals surface area (Å²) in [6.45, 7) is 5.52. The van der Waals surface area contributed by atoms with Crippen LogP contribution in [0.4, 0.5) is 10.8 Å². The number of rotatable bonds is 8. The highest BCUT2D eigenvalue weighted by molar-refractivity contribution is 7.22.